The minimum atomic E-state index is -4.48. The van der Waals surface area contributed by atoms with Gasteiger partial charge in [-0.05, 0) is 29.8 Å². The lowest BCUT2D eigenvalue weighted by atomic mass is 10.1. The molecule has 0 heterocycles. The van der Waals surface area contributed by atoms with Crippen molar-refractivity contribution in [2.45, 2.75) is 6.18 Å². The third kappa shape index (κ3) is 3.27. The Morgan fingerprint density at radius 1 is 1.38 bits per heavy atom. The topological polar surface area (TPSA) is 37.3 Å². The zero-order valence-electron chi connectivity index (χ0n) is 7.75. The molecule has 0 aliphatic heterocycles. The molecule has 0 aliphatic rings. The molecule has 1 aromatic rings. The Morgan fingerprint density at radius 2 is 2.00 bits per heavy atom. The van der Waals surface area contributed by atoms with Gasteiger partial charge in [-0.2, -0.15) is 13.2 Å². The van der Waals surface area contributed by atoms with Crippen LogP contribution in [-0.4, -0.2) is 11.1 Å². The Kier molecular flexibility index (Phi) is 3.59. The molecule has 0 bridgehead atoms. The number of halogens is 4. The summed E-state index contributed by atoms with van der Waals surface area (Å²) < 4.78 is 36.9. The van der Waals surface area contributed by atoms with Crippen LogP contribution in [0.2, 0.25) is 5.02 Å². The Morgan fingerprint density at radius 3 is 2.50 bits per heavy atom. The number of carboxylic acid groups (broad SMARTS) is 1. The van der Waals surface area contributed by atoms with Crippen molar-refractivity contribution in [2.75, 3.05) is 0 Å². The van der Waals surface area contributed by atoms with Crippen LogP contribution in [0.25, 0.3) is 6.08 Å². The van der Waals surface area contributed by atoms with Gasteiger partial charge in [0.1, 0.15) is 0 Å². The lowest BCUT2D eigenvalue weighted by Crippen LogP contribution is -2.04. The number of hydrogen-bond acceptors (Lipinski definition) is 1. The van der Waals surface area contributed by atoms with Gasteiger partial charge in [-0.15, -0.1) is 0 Å². The standard InChI is InChI=1S/C10H6ClF3O2/c11-8-3-2-7(10(12,13)14)5-6(8)1-4-9(15)16/h1-5H,(H,15,16)/b4-1+. The van der Waals surface area contributed by atoms with Crippen LogP contribution in [0.1, 0.15) is 11.1 Å². The molecule has 2 nitrogen and oxygen atoms in total. The maximum Gasteiger partial charge on any atom is 0.416 e. The summed E-state index contributed by atoms with van der Waals surface area (Å²) in [5, 5.41) is 8.40. The number of alkyl halides is 3. The monoisotopic (exact) mass is 250 g/mol. The van der Waals surface area contributed by atoms with Gasteiger partial charge in [0.15, 0.2) is 0 Å². The van der Waals surface area contributed by atoms with Gasteiger partial charge >= 0.3 is 12.1 Å². The van der Waals surface area contributed by atoms with E-state index in [-0.39, 0.29) is 10.6 Å². The third-order valence-electron chi connectivity index (χ3n) is 1.73. The van der Waals surface area contributed by atoms with Crippen LogP contribution in [0.5, 0.6) is 0 Å². The Balaban J connectivity index is 3.14. The number of hydrogen-bond donors (Lipinski definition) is 1. The van der Waals surface area contributed by atoms with Crippen LogP contribution >= 0.6 is 11.6 Å². The van der Waals surface area contributed by atoms with Gasteiger partial charge in [-0.3, -0.25) is 0 Å². The number of aliphatic carboxylic acids is 1. The number of rotatable bonds is 2. The Hall–Kier alpha value is -1.49. The lowest BCUT2D eigenvalue weighted by molar-refractivity contribution is -0.137. The smallest absolute Gasteiger partial charge is 0.416 e. The van der Waals surface area contributed by atoms with Crippen LogP contribution in [0.3, 0.4) is 0 Å². The van der Waals surface area contributed by atoms with E-state index in [2.05, 4.69) is 0 Å². The highest BCUT2D eigenvalue weighted by Crippen LogP contribution is 2.32. The fourth-order valence-electron chi connectivity index (χ4n) is 1.01. The number of benzene rings is 1. The zero-order chi connectivity index (χ0) is 12.3. The molecule has 1 aromatic carbocycles. The quantitative estimate of drug-likeness (QED) is 0.816. The molecule has 1 N–H and O–H groups in total. The first-order valence-electron chi connectivity index (χ1n) is 4.08. The summed E-state index contributed by atoms with van der Waals surface area (Å²) in [5.74, 6) is -1.26. The highest BCUT2D eigenvalue weighted by molar-refractivity contribution is 6.32. The average Bonchev–Trinajstić information content (AvgIpc) is 2.14. The van der Waals surface area contributed by atoms with Gasteiger partial charge in [0.05, 0.1) is 5.56 Å². The first-order valence-corrected chi connectivity index (χ1v) is 4.46. The van der Waals surface area contributed by atoms with E-state index >= 15 is 0 Å². The molecule has 86 valence electrons. The van der Waals surface area contributed by atoms with Gasteiger partial charge in [0.25, 0.3) is 0 Å². The molecule has 0 atom stereocenters. The summed E-state index contributed by atoms with van der Waals surface area (Å²) in [6, 6.07) is 2.70. The molecule has 0 saturated heterocycles. The SMILES string of the molecule is O=C(O)/C=C/c1cc(C(F)(F)F)ccc1Cl. The van der Waals surface area contributed by atoms with E-state index < -0.39 is 17.7 Å². The highest BCUT2D eigenvalue weighted by atomic mass is 35.5. The molecule has 0 amide bonds. The number of carboxylic acids is 1. The van der Waals surface area contributed by atoms with E-state index in [9.17, 15) is 18.0 Å². The van der Waals surface area contributed by atoms with Crippen molar-refractivity contribution in [3.8, 4) is 0 Å². The lowest BCUT2D eigenvalue weighted by Gasteiger charge is -2.07. The third-order valence-corrected chi connectivity index (χ3v) is 2.07. The molecule has 0 fully saturated rings. The predicted octanol–water partition coefficient (Wildman–Crippen LogP) is 3.46. The summed E-state index contributed by atoms with van der Waals surface area (Å²) in [6.45, 7) is 0. The second kappa shape index (κ2) is 4.57. The Bertz CT molecular complexity index is 438. The van der Waals surface area contributed by atoms with E-state index in [1.165, 1.54) is 0 Å². The maximum atomic E-state index is 12.3. The normalized spacial score (nSPS) is 12.0. The summed E-state index contributed by atoms with van der Waals surface area (Å²) >= 11 is 5.62. The van der Waals surface area contributed by atoms with Crippen molar-refractivity contribution in [3.05, 3.63) is 40.4 Å². The minimum absolute atomic E-state index is 0.0129. The largest absolute Gasteiger partial charge is 0.478 e. The molecule has 16 heavy (non-hydrogen) atoms. The minimum Gasteiger partial charge on any atom is -0.478 e. The van der Waals surface area contributed by atoms with E-state index in [0.29, 0.717) is 0 Å². The van der Waals surface area contributed by atoms with Gasteiger partial charge in [-0.1, -0.05) is 11.6 Å². The van der Waals surface area contributed by atoms with Crippen LogP contribution in [0, 0.1) is 0 Å². The summed E-state index contributed by atoms with van der Waals surface area (Å²) in [7, 11) is 0. The van der Waals surface area contributed by atoms with Crippen molar-refractivity contribution in [2.24, 2.45) is 0 Å². The molecular weight excluding hydrogens is 245 g/mol. The average molecular weight is 251 g/mol. The van der Waals surface area contributed by atoms with Crippen LogP contribution in [0.15, 0.2) is 24.3 Å². The molecule has 0 unspecified atom stereocenters. The van der Waals surface area contributed by atoms with E-state index in [4.69, 9.17) is 16.7 Å². The van der Waals surface area contributed by atoms with Crippen LogP contribution < -0.4 is 0 Å². The maximum absolute atomic E-state index is 12.3. The molecular formula is C10H6ClF3O2. The Labute approximate surface area is 94.0 Å². The van der Waals surface area contributed by atoms with Crippen molar-refractivity contribution >= 4 is 23.6 Å². The van der Waals surface area contributed by atoms with Gasteiger partial charge < -0.3 is 5.11 Å². The first-order chi connectivity index (χ1) is 7.30. The van der Waals surface area contributed by atoms with Gasteiger partial charge in [-0.25, -0.2) is 4.79 Å². The van der Waals surface area contributed by atoms with Crippen molar-refractivity contribution in [1.82, 2.24) is 0 Å². The zero-order valence-corrected chi connectivity index (χ0v) is 8.51. The van der Waals surface area contributed by atoms with Crippen LogP contribution in [0.4, 0.5) is 13.2 Å². The predicted molar refractivity (Wildman–Crippen MR) is 53.1 cm³/mol. The van der Waals surface area contributed by atoms with Crippen molar-refractivity contribution < 1.29 is 23.1 Å². The van der Waals surface area contributed by atoms with Crippen molar-refractivity contribution in [3.63, 3.8) is 0 Å². The summed E-state index contributed by atoms with van der Waals surface area (Å²) in [4.78, 5) is 10.2. The fraction of sp³-hybridized carbons (Fsp3) is 0.100. The fourth-order valence-corrected chi connectivity index (χ4v) is 1.19. The number of carbonyl (C=O) groups is 1. The van der Waals surface area contributed by atoms with Gasteiger partial charge in [0.2, 0.25) is 0 Å². The second-order valence-electron chi connectivity index (χ2n) is 2.91. The van der Waals surface area contributed by atoms with Gasteiger partial charge in [0, 0.05) is 11.1 Å². The van der Waals surface area contributed by atoms with Crippen LogP contribution in [-0.2, 0) is 11.0 Å². The van der Waals surface area contributed by atoms with E-state index in [1.807, 2.05) is 0 Å². The van der Waals surface area contributed by atoms with E-state index in [1.54, 1.807) is 0 Å². The van der Waals surface area contributed by atoms with E-state index in [0.717, 1.165) is 30.4 Å². The second-order valence-corrected chi connectivity index (χ2v) is 3.31. The molecule has 0 spiro atoms. The molecule has 0 saturated carbocycles. The summed E-state index contributed by atoms with van der Waals surface area (Å²) in [5.41, 5.74) is -0.860. The summed E-state index contributed by atoms with van der Waals surface area (Å²) in [6.07, 6.45) is -2.74. The van der Waals surface area contributed by atoms with Crippen molar-refractivity contribution in [1.29, 1.82) is 0 Å². The highest BCUT2D eigenvalue weighted by Gasteiger charge is 2.30. The molecule has 6 heteroatoms. The molecule has 0 radical (unpaired) electrons. The molecule has 1 rings (SSSR count). The first kappa shape index (κ1) is 12.6. The molecule has 0 aromatic heterocycles. The molecule has 0 aliphatic carbocycles.